The Labute approximate surface area is 223 Å². The van der Waals surface area contributed by atoms with Crippen molar-refractivity contribution in [1.82, 2.24) is 14.7 Å². The third-order valence-electron chi connectivity index (χ3n) is 7.96. The van der Waals surface area contributed by atoms with E-state index in [2.05, 4.69) is 21.9 Å². The smallest absolute Gasteiger partial charge is 0.255 e. The molecule has 1 amide bonds. The van der Waals surface area contributed by atoms with Crippen LogP contribution in [0.15, 0.2) is 72.5 Å². The standard InChI is InChI=1S/C31H33FN4O2/c32-28-9-7-25(8-10-28)30(37)26-11-18-35(19-12-26)31(38)27-2-1-15-36(22-27)29-13-16-34(17-14-29)21-24-5-3-23(20-33)4-6-24/h1-10,22,26,29H,11-19,21H2. The van der Waals surface area contributed by atoms with E-state index in [1.807, 2.05) is 41.4 Å². The van der Waals surface area contributed by atoms with E-state index in [9.17, 15) is 14.0 Å². The van der Waals surface area contributed by atoms with Crippen LogP contribution in [0, 0.1) is 23.1 Å². The Morgan fingerprint density at radius 1 is 0.921 bits per heavy atom. The van der Waals surface area contributed by atoms with E-state index < -0.39 is 0 Å². The van der Waals surface area contributed by atoms with E-state index in [1.165, 1.54) is 17.7 Å². The molecule has 0 atom stereocenters. The minimum absolute atomic E-state index is 0.0249. The lowest BCUT2D eigenvalue weighted by atomic mass is 9.88. The number of carbonyl (C=O) groups excluding carboxylic acids is 2. The maximum atomic E-state index is 13.3. The number of carbonyl (C=O) groups is 2. The first-order valence-electron chi connectivity index (χ1n) is 13.4. The van der Waals surface area contributed by atoms with Crippen molar-refractivity contribution in [2.75, 3.05) is 32.7 Å². The van der Waals surface area contributed by atoms with Crippen LogP contribution in [0.4, 0.5) is 4.39 Å². The van der Waals surface area contributed by atoms with Crippen molar-refractivity contribution in [3.63, 3.8) is 0 Å². The van der Waals surface area contributed by atoms with E-state index in [-0.39, 0.29) is 23.4 Å². The summed E-state index contributed by atoms with van der Waals surface area (Å²) in [5, 5.41) is 8.99. The van der Waals surface area contributed by atoms with Gasteiger partial charge in [-0.3, -0.25) is 14.5 Å². The van der Waals surface area contributed by atoms with Crippen molar-refractivity contribution in [1.29, 1.82) is 5.26 Å². The van der Waals surface area contributed by atoms with Gasteiger partial charge >= 0.3 is 0 Å². The summed E-state index contributed by atoms with van der Waals surface area (Å²) in [6.45, 7) is 4.79. The lowest BCUT2D eigenvalue weighted by molar-refractivity contribution is -0.128. The van der Waals surface area contributed by atoms with Crippen molar-refractivity contribution in [2.45, 2.75) is 38.3 Å². The lowest BCUT2D eigenvalue weighted by Crippen LogP contribution is -2.44. The van der Waals surface area contributed by atoms with E-state index in [4.69, 9.17) is 5.26 Å². The van der Waals surface area contributed by atoms with Crippen molar-refractivity contribution >= 4 is 11.7 Å². The maximum absolute atomic E-state index is 13.3. The van der Waals surface area contributed by atoms with Crippen molar-refractivity contribution < 1.29 is 14.0 Å². The first kappa shape index (κ1) is 25.9. The quantitative estimate of drug-likeness (QED) is 0.532. The molecule has 2 saturated heterocycles. The Morgan fingerprint density at radius 2 is 1.61 bits per heavy atom. The van der Waals surface area contributed by atoms with Gasteiger partial charge in [0.2, 0.25) is 0 Å². The molecule has 38 heavy (non-hydrogen) atoms. The van der Waals surface area contributed by atoms with E-state index >= 15 is 0 Å². The predicted octanol–water partition coefficient (Wildman–Crippen LogP) is 4.54. The molecule has 196 valence electrons. The molecule has 0 spiro atoms. The average molecular weight is 513 g/mol. The number of halogens is 1. The maximum Gasteiger partial charge on any atom is 0.255 e. The van der Waals surface area contributed by atoms with Crippen LogP contribution in [0.25, 0.3) is 0 Å². The summed E-state index contributed by atoms with van der Waals surface area (Å²) in [6, 6.07) is 16.1. The summed E-state index contributed by atoms with van der Waals surface area (Å²) in [6.07, 6.45) is 9.35. The molecule has 2 fully saturated rings. The number of benzene rings is 2. The van der Waals surface area contributed by atoms with Gasteiger partial charge in [-0.05, 0) is 67.6 Å². The molecule has 0 bridgehead atoms. The fraction of sp³-hybridized carbons (Fsp3) is 0.387. The molecule has 0 aliphatic carbocycles. The van der Waals surface area contributed by atoms with Gasteiger partial charge in [-0.1, -0.05) is 24.3 Å². The molecule has 3 heterocycles. The normalized spacial score (nSPS) is 19.2. The Bertz CT molecular complexity index is 1250. The molecule has 7 heteroatoms. The van der Waals surface area contributed by atoms with Gasteiger partial charge < -0.3 is 9.80 Å². The lowest BCUT2D eigenvalue weighted by Gasteiger charge is -2.39. The highest BCUT2D eigenvalue weighted by atomic mass is 19.1. The number of rotatable bonds is 6. The number of Topliss-reactive ketones (excluding diaryl/α,β-unsaturated/α-hetero) is 1. The number of hydrogen-bond acceptors (Lipinski definition) is 5. The fourth-order valence-corrected chi connectivity index (χ4v) is 5.69. The molecule has 6 nitrogen and oxygen atoms in total. The summed E-state index contributed by atoms with van der Waals surface area (Å²) >= 11 is 0. The molecule has 3 aliphatic heterocycles. The summed E-state index contributed by atoms with van der Waals surface area (Å²) in [7, 11) is 0. The molecule has 2 aromatic rings. The second-order valence-corrected chi connectivity index (χ2v) is 10.4. The SMILES string of the molecule is N#Cc1ccc(CN2CCC(N3C=C(C(=O)N4CCC(C(=O)c5ccc(F)cc5)CC4)C=CC3)CC2)cc1. The summed E-state index contributed by atoms with van der Waals surface area (Å²) in [4.78, 5) is 32.7. The molecule has 0 unspecified atom stereocenters. The van der Waals surface area contributed by atoms with E-state index in [0.717, 1.165) is 39.0 Å². The minimum Gasteiger partial charge on any atom is -0.370 e. The van der Waals surface area contributed by atoms with Crippen molar-refractivity contribution in [3.8, 4) is 6.07 Å². The van der Waals surface area contributed by atoms with Gasteiger partial charge in [-0.25, -0.2) is 4.39 Å². The fourth-order valence-electron chi connectivity index (χ4n) is 5.69. The average Bonchev–Trinajstić information content (AvgIpc) is 2.98. The van der Waals surface area contributed by atoms with Crippen molar-refractivity contribution in [3.05, 3.63) is 95.0 Å². The van der Waals surface area contributed by atoms with Crippen LogP contribution >= 0.6 is 0 Å². The van der Waals surface area contributed by atoms with Gasteiger partial charge in [0.25, 0.3) is 5.91 Å². The Morgan fingerprint density at radius 3 is 2.26 bits per heavy atom. The predicted molar refractivity (Wildman–Crippen MR) is 143 cm³/mol. The molecule has 0 saturated carbocycles. The minimum atomic E-state index is -0.349. The summed E-state index contributed by atoms with van der Waals surface area (Å²) in [5.74, 6) is -0.424. The first-order valence-corrected chi connectivity index (χ1v) is 13.4. The third kappa shape index (κ3) is 6.03. The van der Waals surface area contributed by atoms with E-state index in [0.29, 0.717) is 48.7 Å². The Kier molecular flexibility index (Phi) is 8.00. The molecule has 5 rings (SSSR count). The van der Waals surface area contributed by atoms with E-state index in [1.54, 1.807) is 12.1 Å². The number of amides is 1. The van der Waals surface area contributed by atoms with Gasteiger partial charge in [-0.15, -0.1) is 0 Å². The van der Waals surface area contributed by atoms with Crippen LogP contribution in [0.2, 0.25) is 0 Å². The largest absolute Gasteiger partial charge is 0.370 e. The molecule has 3 aliphatic rings. The molecular weight excluding hydrogens is 479 g/mol. The van der Waals surface area contributed by atoms with Gasteiger partial charge in [0.1, 0.15) is 5.82 Å². The topological polar surface area (TPSA) is 67.7 Å². The number of ketones is 1. The summed E-state index contributed by atoms with van der Waals surface area (Å²) in [5.41, 5.74) is 3.15. The first-order chi connectivity index (χ1) is 18.5. The van der Waals surface area contributed by atoms with Crippen LogP contribution in [0.5, 0.6) is 0 Å². The molecular formula is C31H33FN4O2. The van der Waals surface area contributed by atoms with Crippen LogP contribution < -0.4 is 0 Å². The van der Waals surface area contributed by atoms with Crippen LogP contribution in [0.1, 0.15) is 47.2 Å². The third-order valence-corrected chi connectivity index (χ3v) is 7.96. The van der Waals surface area contributed by atoms with Crippen LogP contribution in [-0.2, 0) is 11.3 Å². The number of likely N-dealkylation sites (tertiary alicyclic amines) is 2. The van der Waals surface area contributed by atoms with Crippen molar-refractivity contribution in [2.24, 2.45) is 5.92 Å². The number of hydrogen-bond donors (Lipinski definition) is 0. The van der Waals surface area contributed by atoms with Gasteiger partial charge in [0, 0.05) is 63.0 Å². The second-order valence-electron chi connectivity index (χ2n) is 10.4. The number of nitrogens with zero attached hydrogens (tertiary/aromatic N) is 4. The Balaban J connectivity index is 1.11. The molecule has 0 N–H and O–H groups in total. The zero-order valence-electron chi connectivity index (χ0n) is 21.6. The monoisotopic (exact) mass is 512 g/mol. The van der Waals surface area contributed by atoms with Gasteiger partial charge in [0.15, 0.2) is 5.78 Å². The highest BCUT2D eigenvalue weighted by Crippen LogP contribution is 2.26. The van der Waals surface area contributed by atoms with Crippen LogP contribution in [0.3, 0.4) is 0 Å². The number of piperidine rings is 2. The molecule has 0 aromatic heterocycles. The van der Waals surface area contributed by atoms with Gasteiger partial charge in [0.05, 0.1) is 17.2 Å². The Hall–Kier alpha value is -3.76. The second kappa shape index (κ2) is 11.7. The summed E-state index contributed by atoms with van der Waals surface area (Å²) < 4.78 is 13.2. The highest BCUT2D eigenvalue weighted by molar-refractivity contribution is 5.99. The highest BCUT2D eigenvalue weighted by Gasteiger charge is 2.30. The zero-order chi connectivity index (χ0) is 26.5. The number of nitriles is 1. The molecule has 0 radical (unpaired) electrons. The molecule has 2 aromatic carbocycles. The van der Waals surface area contributed by atoms with Gasteiger partial charge in [-0.2, -0.15) is 5.26 Å². The van der Waals surface area contributed by atoms with Crippen LogP contribution in [-0.4, -0.2) is 65.2 Å². The zero-order valence-corrected chi connectivity index (χ0v) is 21.6.